The summed E-state index contributed by atoms with van der Waals surface area (Å²) in [7, 11) is 0. The standard InChI is InChI=1S/C28H32N2O4/c1-6-33-26(31)28(27(32)34-7-2)16-22-19(4)24(21-13-9-8-10-14-21)30(20(5)23(22)17-28)25-18(3)12-11-15-29-25/h8-15,20H,6-7,16-17H2,1-5H3. The molecule has 6 nitrogen and oxygen atoms in total. The summed E-state index contributed by atoms with van der Waals surface area (Å²) in [6.07, 6.45) is 2.36. The fraction of sp³-hybridized carbons (Fsp3) is 0.393. The lowest BCUT2D eigenvalue weighted by atomic mass is 9.82. The van der Waals surface area contributed by atoms with Crippen molar-refractivity contribution in [2.45, 2.75) is 53.5 Å². The van der Waals surface area contributed by atoms with E-state index in [0.717, 1.165) is 39.4 Å². The second-order valence-corrected chi connectivity index (χ2v) is 8.91. The molecule has 1 aromatic carbocycles. The molecule has 0 saturated carbocycles. The van der Waals surface area contributed by atoms with Gasteiger partial charge in [-0.05, 0) is 81.4 Å². The smallest absolute Gasteiger partial charge is 0.324 e. The Labute approximate surface area is 201 Å². The molecule has 0 bridgehead atoms. The monoisotopic (exact) mass is 460 g/mol. The molecule has 0 amide bonds. The van der Waals surface area contributed by atoms with Crippen molar-refractivity contribution in [3.05, 3.63) is 76.5 Å². The molecule has 0 radical (unpaired) electrons. The van der Waals surface area contributed by atoms with Crippen LogP contribution in [0, 0.1) is 12.3 Å². The Bertz CT molecular complexity index is 1150. The molecule has 2 heterocycles. The number of allylic oxidation sites excluding steroid dienone is 2. The summed E-state index contributed by atoms with van der Waals surface area (Å²) in [5.41, 5.74) is 4.94. The zero-order valence-corrected chi connectivity index (χ0v) is 20.6. The van der Waals surface area contributed by atoms with E-state index in [4.69, 9.17) is 14.5 Å². The van der Waals surface area contributed by atoms with E-state index in [9.17, 15) is 9.59 Å². The van der Waals surface area contributed by atoms with Gasteiger partial charge < -0.3 is 14.4 Å². The third-order valence-corrected chi connectivity index (χ3v) is 6.89. The van der Waals surface area contributed by atoms with Crippen LogP contribution in [0.25, 0.3) is 5.70 Å². The van der Waals surface area contributed by atoms with Crippen LogP contribution in [0.2, 0.25) is 0 Å². The average molecular weight is 461 g/mol. The Morgan fingerprint density at radius 1 is 1.00 bits per heavy atom. The van der Waals surface area contributed by atoms with Crippen molar-refractivity contribution < 1.29 is 19.1 Å². The number of aromatic nitrogens is 1. The summed E-state index contributed by atoms with van der Waals surface area (Å²) >= 11 is 0. The third kappa shape index (κ3) is 3.81. The van der Waals surface area contributed by atoms with Crippen LogP contribution in [0.3, 0.4) is 0 Å². The molecule has 0 fully saturated rings. The number of hydrogen-bond acceptors (Lipinski definition) is 6. The second kappa shape index (κ2) is 9.45. The number of esters is 2. The van der Waals surface area contributed by atoms with Crippen LogP contribution in [-0.2, 0) is 19.1 Å². The van der Waals surface area contributed by atoms with Gasteiger partial charge in [-0.1, -0.05) is 36.4 Å². The number of carbonyl (C=O) groups excluding carboxylic acids is 2. The highest BCUT2D eigenvalue weighted by molar-refractivity contribution is 6.02. The first-order chi connectivity index (χ1) is 16.4. The van der Waals surface area contributed by atoms with E-state index in [0.29, 0.717) is 0 Å². The summed E-state index contributed by atoms with van der Waals surface area (Å²) in [4.78, 5) is 33.4. The number of nitrogens with zero attached hydrogens (tertiary/aromatic N) is 2. The Morgan fingerprint density at radius 3 is 2.24 bits per heavy atom. The first-order valence-electron chi connectivity index (χ1n) is 11.9. The van der Waals surface area contributed by atoms with E-state index in [-0.39, 0.29) is 32.1 Å². The Morgan fingerprint density at radius 2 is 1.65 bits per heavy atom. The zero-order chi connectivity index (χ0) is 24.5. The molecule has 4 rings (SSSR count). The Kier molecular flexibility index (Phi) is 6.60. The number of benzene rings is 1. The quantitative estimate of drug-likeness (QED) is 0.434. The lowest BCUT2D eigenvalue weighted by Crippen LogP contribution is -2.41. The van der Waals surface area contributed by atoms with Crippen molar-refractivity contribution in [1.29, 1.82) is 0 Å². The third-order valence-electron chi connectivity index (χ3n) is 6.89. The molecular weight excluding hydrogens is 428 g/mol. The van der Waals surface area contributed by atoms with E-state index in [2.05, 4.69) is 30.9 Å². The van der Waals surface area contributed by atoms with Crippen LogP contribution in [0.4, 0.5) is 5.82 Å². The molecule has 0 spiro atoms. The normalized spacial score (nSPS) is 19.2. The molecule has 1 aliphatic carbocycles. The van der Waals surface area contributed by atoms with Crippen molar-refractivity contribution in [2.24, 2.45) is 5.41 Å². The van der Waals surface area contributed by atoms with Gasteiger partial charge in [-0.15, -0.1) is 0 Å². The predicted molar refractivity (Wildman–Crippen MR) is 132 cm³/mol. The fourth-order valence-electron chi connectivity index (χ4n) is 5.24. The SMILES string of the molecule is CCOC(=O)C1(C(=O)OCC)CC2=C(C1)C(C)N(c1ncccc1C)C(c1ccccc1)=C2C. The highest BCUT2D eigenvalue weighted by Gasteiger charge is 2.56. The van der Waals surface area contributed by atoms with Crippen LogP contribution < -0.4 is 4.90 Å². The average Bonchev–Trinajstić information content (AvgIpc) is 3.26. The Balaban J connectivity index is 1.89. The molecule has 1 unspecified atom stereocenters. The molecule has 6 heteroatoms. The lowest BCUT2D eigenvalue weighted by molar-refractivity contribution is -0.171. The number of hydrogen-bond donors (Lipinski definition) is 0. The van der Waals surface area contributed by atoms with Crippen LogP contribution in [0.15, 0.2) is 65.4 Å². The van der Waals surface area contributed by atoms with Crippen molar-refractivity contribution >= 4 is 23.5 Å². The van der Waals surface area contributed by atoms with Gasteiger partial charge in [0.25, 0.3) is 0 Å². The maximum absolute atomic E-state index is 13.2. The molecule has 34 heavy (non-hydrogen) atoms. The van der Waals surface area contributed by atoms with Crippen LogP contribution in [0.1, 0.15) is 51.7 Å². The largest absolute Gasteiger partial charge is 0.465 e. The molecule has 2 aromatic rings. The highest BCUT2D eigenvalue weighted by Crippen LogP contribution is 2.53. The van der Waals surface area contributed by atoms with E-state index in [1.54, 1.807) is 20.0 Å². The molecule has 0 saturated heterocycles. The fourth-order valence-corrected chi connectivity index (χ4v) is 5.24. The molecule has 1 aliphatic heterocycles. The highest BCUT2D eigenvalue weighted by atomic mass is 16.6. The second-order valence-electron chi connectivity index (χ2n) is 8.91. The van der Waals surface area contributed by atoms with Gasteiger partial charge in [-0.25, -0.2) is 4.98 Å². The maximum Gasteiger partial charge on any atom is 0.324 e. The number of rotatable bonds is 6. The van der Waals surface area contributed by atoms with Crippen molar-refractivity contribution in [2.75, 3.05) is 18.1 Å². The van der Waals surface area contributed by atoms with E-state index in [1.807, 2.05) is 37.3 Å². The first-order valence-corrected chi connectivity index (χ1v) is 11.9. The van der Waals surface area contributed by atoms with Crippen LogP contribution >= 0.6 is 0 Å². The number of aryl methyl sites for hydroxylation is 1. The number of ether oxygens (including phenoxy) is 2. The molecule has 178 valence electrons. The van der Waals surface area contributed by atoms with Gasteiger partial charge in [0.15, 0.2) is 5.41 Å². The van der Waals surface area contributed by atoms with Gasteiger partial charge in [0, 0.05) is 6.20 Å². The summed E-state index contributed by atoms with van der Waals surface area (Å²) in [5, 5.41) is 0. The summed E-state index contributed by atoms with van der Waals surface area (Å²) in [5.74, 6) is -0.154. The molecule has 1 atom stereocenters. The summed E-state index contributed by atoms with van der Waals surface area (Å²) < 4.78 is 10.8. The molecular formula is C28H32N2O4. The van der Waals surface area contributed by atoms with Crippen molar-refractivity contribution in [3.63, 3.8) is 0 Å². The van der Waals surface area contributed by atoms with E-state index in [1.165, 1.54) is 0 Å². The summed E-state index contributed by atoms with van der Waals surface area (Å²) in [6, 6.07) is 14.1. The van der Waals surface area contributed by atoms with Crippen LogP contribution in [-0.4, -0.2) is 36.2 Å². The number of anilines is 1. The van der Waals surface area contributed by atoms with E-state index >= 15 is 0 Å². The maximum atomic E-state index is 13.2. The lowest BCUT2D eigenvalue weighted by Gasteiger charge is -2.40. The van der Waals surface area contributed by atoms with Crippen LogP contribution in [0.5, 0.6) is 0 Å². The van der Waals surface area contributed by atoms with Crippen molar-refractivity contribution in [1.82, 2.24) is 4.98 Å². The molecule has 0 N–H and O–H groups in total. The summed E-state index contributed by atoms with van der Waals surface area (Å²) in [6.45, 7) is 10.2. The van der Waals surface area contributed by atoms with Gasteiger partial charge >= 0.3 is 11.9 Å². The van der Waals surface area contributed by atoms with Crippen molar-refractivity contribution in [3.8, 4) is 0 Å². The minimum absolute atomic E-state index is 0.103. The number of carbonyl (C=O) groups is 2. The minimum Gasteiger partial charge on any atom is -0.465 e. The molecule has 1 aromatic heterocycles. The van der Waals surface area contributed by atoms with Gasteiger partial charge in [-0.3, -0.25) is 9.59 Å². The number of pyridine rings is 1. The van der Waals surface area contributed by atoms with Gasteiger partial charge in [0.05, 0.1) is 25.0 Å². The predicted octanol–water partition coefficient (Wildman–Crippen LogP) is 5.23. The first kappa shape index (κ1) is 23.7. The van der Waals surface area contributed by atoms with Gasteiger partial charge in [0.1, 0.15) is 5.82 Å². The van der Waals surface area contributed by atoms with Gasteiger partial charge in [0.2, 0.25) is 0 Å². The van der Waals surface area contributed by atoms with Gasteiger partial charge in [-0.2, -0.15) is 0 Å². The molecule has 2 aliphatic rings. The topological polar surface area (TPSA) is 68.7 Å². The Hall–Kier alpha value is -3.41. The van der Waals surface area contributed by atoms with E-state index < -0.39 is 17.4 Å². The minimum atomic E-state index is -1.36. The zero-order valence-electron chi connectivity index (χ0n) is 20.6.